The summed E-state index contributed by atoms with van der Waals surface area (Å²) in [4.78, 5) is 32.8. The molecule has 0 aromatic carbocycles. The molecule has 12 heteroatoms. The smallest absolute Gasteiger partial charge is 0.316 e. The van der Waals surface area contributed by atoms with Gasteiger partial charge in [-0.1, -0.05) is 19.4 Å². The van der Waals surface area contributed by atoms with E-state index in [0.717, 1.165) is 51.6 Å². The summed E-state index contributed by atoms with van der Waals surface area (Å²) in [5.41, 5.74) is 0.720. The molecule has 4 bridgehead atoms. The first-order valence-electron chi connectivity index (χ1n) is 18.7. The van der Waals surface area contributed by atoms with Crippen molar-refractivity contribution < 1.29 is 54.1 Å². The number of carbonyl (C=O) groups excluding carboxylic acids is 2. The summed E-state index contributed by atoms with van der Waals surface area (Å²) in [6.07, 6.45) is -2.82. The van der Waals surface area contributed by atoms with Crippen molar-refractivity contribution in [2.75, 3.05) is 26.3 Å². The van der Waals surface area contributed by atoms with Crippen LogP contribution in [0.5, 0.6) is 0 Å². The minimum absolute atomic E-state index is 0.0200. The first-order valence-corrected chi connectivity index (χ1v) is 18.7. The maximum absolute atomic E-state index is 15.3. The van der Waals surface area contributed by atoms with Gasteiger partial charge in [-0.05, 0) is 67.6 Å². The molecule has 0 radical (unpaired) electrons. The molecule has 6 aliphatic carbocycles. The Morgan fingerprint density at radius 1 is 1.02 bits per heavy atom. The van der Waals surface area contributed by atoms with E-state index in [1.807, 2.05) is 6.08 Å². The summed E-state index contributed by atoms with van der Waals surface area (Å²) in [5, 5.41) is 52.4. The molecule has 11 aliphatic rings. The number of allylic oxidation sites excluding steroid dienone is 1. The molecular formula is C37H47NO11. The minimum Gasteiger partial charge on any atom is -0.457 e. The van der Waals surface area contributed by atoms with E-state index >= 15 is 4.79 Å². The van der Waals surface area contributed by atoms with Crippen molar-refractivity contribution in [3.05, 3.63) is 22.8 Å². The number of ketones is 1. The molecule has 3 saturated carbocycles. The third-order valence-electron chi connectivity index (χ3n) is 16.9. The van der Waals surface area contributed by atoms with Gasteiger partial charge in [-0.2, -0.15) is 0 Å². The number of rotatable bonds is 4. The van der Waals surface area contributed by atoms with E-state index in [2.05, 4.69) is 18.7 Å². The van der Waals surface area contributed by atoms with Gasteiger partial charge < -0.3 is 44.5 Å². The zero-order valence-electron chi connectivity index (χ0n) is 27.9. The fourth-order valence-corrected chi connectivity index (χ4v) is 15.3. The zero-order valence-corrected chi connectivity index (χ0v) is 27.9. The number of hydrogen-bond donors (Lipinski definition) is 5. The molecule has 5 heterocycles. The lowest BCUT2D eigenvalue weighted by molar-refractivity contribution is -0.366. The molecule has 19 atom stereocenters. The van der Waals surface area contributed by atoms with E-state index in [9.17, 15) is 30.3 Å². The lowest BCUT2D eigenvalue weighted by atomic mass is 9.43. The summed E-state index contributed by atoms with van der Waals surface area (Å²) >= 11 is 0. The summed E-state index contributed by atoms with van der Waals surface area (Å²) in [5.74, 6) is -0.304. The number of aliphatic hydroxyl groups is 5. The Labute approximate surface area is 284 Å². The summed E-state index contributed by atoms with van der Waals surface area (Å²) in [6, 6.07) is 0.356. The molecule has 0 aromatic heterocycles. The van der Waals surface area contributed by atoms with Gasteiger partial charge in [0.1, 0.15) is 41.7 Å². The largest absolute Gasteiger partial charge is 0.457 e. The molecule has 49 heavy (non-hydrogen) atoms. The maximum Gasteiger partial charge on any atom is 0.316 e. The monoisotopic (exact) mass is 681 g/mol. The van der Waals surface area contributed by atoms with E-state index in [-0.39, 0.29) is 29.8 Å². The van der Waals surface area contributed by atoms with Crippen molar-refractivity contribution in [3.8, 4) is 0 Å². The first-order chi connectivity index (χ1) is 23.5. The van der Waals surface area contributed by atoms with E-state index in [0.29, 0.717) is 29.2 Å². The fraction of sp³-hybridized carbons (Fsp3) is 0.838. The number of piperidine rings is 1. The molecule has 266 valence electrons. The van der Waals surface area contributed by atoms with Crippen LogP contribution in [-0.2, 0) is 28.5 Å². The average molecular weight is 682 g/mol. The molecule has 12 nitrogen and oxygen atoms in total. The number of hydrogen-bond acceptors (Lipinski definition) is 12. The third-order valence-corrected chi connectivity index (χ3v) is 16.9. The van der Waals surface area contributed by atoms with E-state index in [1.165, 1.54) is 11.1 Å². The van der Waals surface area contributed by atoms with Crippen molar-refractivity contribution >= 4 is 11.8 Å². The molecule has 0 aromatic rings. The Balaban J connectivity index is 1.06. The van der Waals surface area contributed by atoms with Crippen LogP contribution in [0.1, 0.15) is 52.4 Å². The summed E-state index contributed by atoms with van der Waals surface area (Å²) < 4.78 is 25.5. The molecule has 8 fully saturated rings. The molecule has 5 N–H and O–H groups in total. The highest BCUT2D eigenvalue weighted by atomic mass is 16.8. The lowest BCUT2D eigenvalue weighted by Crippen LogP contribution is -2.67. The van der Waals surface area contributed by atoms with Crippen LogP contribution in [0.2, 0.25) is 0 Å². The fourth-order valence-electron chi connectivity index (χ4n) is 15.3. The Kier molecular flexibility index (Phi) is 5.93. The van der Waals surface area contributed by atoms with Crippen molar-refractivity contribution in [2.45, 2.75) is 108 Å². The van der Waals surface area contributed by atoms with E-state index < -0.39 is 83.9 Å². The lowest BCUT2D eigenvalue weighted by Gasteiger charge is -2.61. The van der Waals surface area contributed by atoms with Crippen LogP contribution in [0.3, 0.4) is 0 Å². The van der Waals surface area contributed by atoms with Crippen LogP contribution in [0.25, 0.3) is 0 Å². The van der Waals surface area contributed by atoms with Gasteiger partial charge in [0.25, 0.3) is 0 Å². The number of carbonyl (C=O) groups is 2. The van der Waals surface area contributed by atoms with Crippen molar-refractivity contribution in [1.82, 2.24) is 4.90 Å². The van der Waals surface area contributed by atoms with Crippen LogP contribution in [0.15, 0.2) is 22.8 Å². The topological polar surface area (TPSA) is 175 Å². The Hall–Kier alpha value is -1.74. The van der Waals surface area contributed by atoms with Gasteiger partial charge in [0.05, 0.1) is 24.7 Å². The van der Waals surface area contributed by atoms with Gasteiger partial charge in [-0.3, -0.25) is 14.5 Å². The van der Waals surface area contributed by atoms with Gasteiger partial charge in [0, 0.05) is 53.6 Å². The normalized spacial score (nSPS) is 60.3. The van der Waals surface area contributed by atoms with Crippen LogP contribution >= 0.6 is 0 Å². The predicted molar refractivity (Wildman–Crippen MR) is 166 cm³/mol. The maximum atomic E-state index is 15.3. The van der Waals surface area contributed by atoms with E-state index in [4.69, 9.17) is 18.9 Å². The number of esters is 1. The first kappa shape index (κ1) is 30.8. The molecule has 11 rings (SSSR count). The second-order valence-corrected chi connectivity index (χ2v) is 17.8. The van der Waals surface area contributed by atoms with Gasteiger partial charge in [-0.15, -0.1) is 0 Å². The highest BCUT2D eigenvalue weighted by Crippen LogP contribution is 2.87. The molecule has 5 aliphatic heterocycles. The van der Waals surface area contributed by atoms with Crippen molar-refractivity contribution in [1.29, 1.82) is 0 Å². The second-order valence-electron chi connectivity index (χ2n) is 17.8. The summed E-state index contributed by atoms with van der Waals surface area (Å²) in [6.45, 7) is 5.76. The number of aliphatic hydroxyl groups excluding tert-OH is 5. The number of Topliss-reactive ketones (excluding diaryl/α,β-unsaturated/α-hetero) is 1. The average Bonchev–Trinajstić information content (AvgIpc) is 3.88. The molecule has 3 spiro atoms. The van der Waals surface area contributed by atoms with Gasteiger partial charge in [0.2, 0.25) is 0 Å². The number of nitrogens with zero attached hydrogens (tertiary/aromatic N) is 1. The van der Waals surface area contributed by atoms with Crippen LogP contribution in [0, 0.1) is 57.2 Å². The minimum atomic E-state index is -1.63. The summed E-state index contributed by atoms with van der Waals surface area (Å²) in [7, 11) is 0. The van der Waals surface area contributed by atoms with Crippen LogP contribution < -0.4 is 0 Å². The third kappa shape index (κ3) is 3.02. The Morgan fingerprint density at radius 2 is 1.84 bits per heavy atom. The second kappa shape index (κ2) is 9.43. The van der Waals surface area contributed by atoms with E-state index in [1.54, 1.807) is 0 Å². The van der Waals surface area contributed by atoms with Gasteiger partial charge in [-0.25, -0.2) is 0 Å². The SMILES string of the molecule is C[C@@H]1CN2C[C@H]3CCC4=C5[C@]6(CC[C@@]57C(=O)[C@@H]1C[C@@H]2[C@@]37C)C[C@H]4[C@H]1O[C@@H](O[C@H]2O[C@@H](CO)[C@H](O)[C@@H](O)[C@@H]2O)[C@@H]2C(CO)=C[C@@H]3OC(=O)[C@@]16[C@H]23. The molecule has 0 unspecified atom stereocenters. The number of fused-ring (bicyclic) bond motifs is 4. The highest BCUT2D eigenvalue weighted by molar-refractivity contribution is 5.96. The quantitative estimate of drug-likeness (QED) is 0.199. The van der Waals surface area contributed by atoms with Crippen molar-refractivity contribution in [3.63, 3.8) is 0 Å². The molecule has 0 amide bonds. The standard InChI is InChI=1S/C37H47NO11/c1-14-10-38-11-16-3-4-17-19-9-35(5-6-36(28(17)35)29(44)18(14)8-22(38)34(16,36)2)37-24-20(47-33(37)45)7-15(12-39)23(24)31(48-30(19)37)49-32-27(43)26(42)25(41)21(13-40)46-32/h7,14,16,18-27,30-32,39-43H,3-6,8-13H2,1-2H3/t14-,16-,18-,19-,20+,21+,22-,23-,24+,25+,26-,27+,30-,31+,32-,34-,35+,36+,37-/m1/s1. The van der Waals surface area contributed by atoms with Crippen LogP contribution in [0.4, 0.5) is 0 Å². The Bertz CT molecular complexity index is 1630. The molecular weight excluding hydrogens is 634 g/mol. The zero-order chi connectivity index (χ0) is 33.7. The van der Waals surface area contributed by atoms with Crippen LogP contribution in [-0.4, -0.2) is 124 Å². The van der Waals surface area contributed by atoms with Crippen molar-refractivity contribution in [2.24, 2.45) is 57.2 Å². The number of ether oxygens (including phenoxy) is 4. The Morgan fingerprint density at radius 3 is 2.61 bits per heavy atom. The highest BCUT2D eigenvalue weighted by Gasteiger charge is 2.89. The van der Waals surface area contributed by atoms with Gasteiger partial charge in [0.15, 0.2) is 12.6 Å². The predicted octanol–water partition coefficient (Wildman–Crippen LogP) is 0.0402. The van der Waals surface area contributed by atoms with Gasteiger partial charge >= 0.3 is 5.97 Å². The molecule has 5 saturated heterocycles.